The van der Waals surface area contributed by atoms with Crippen LogP contribution in [0.2, 0.25) is 0 Å². The molecule has 4 atom stereocenters. The van der Waals surface area contributed by atoms with Crippen molar-refractivity contribution < 1.29 is 38.1 Å². The molecule has 496 valence electrons. The lowest BCUT2D eigenvalue weighted by molar-refractivity contribution is -0.135. The van der Waals surface area contributed by atoms with E-state index in [1.807, 2.05) is 260 Å². The number of ether oxygens (including phenoxy) is 4. The lowest BCUT2D eigenvalue weighted by Gasteiger charge is -2.12. The zero-order chi connectivity index (χ0) is 69.5. The average Bonchev–Trinajstić information content (AvgIpc) is 2.63. The molecule has 12 nitrogen and oxygen atoms in total. The fourth-order valence-electron chi connectivity index (χ4n) is 7.97. The molecule has 0 N–H and O–H groups in total. The van der Waals surface area contributed by atoms with Crippen molar-refractivity contribution in [2.75, 3.05) is 0 Å². The van der Waals surface area contributed by atoms with Gasteiger partial charge in [-0.2, -0.15) is 0 Å². The molecular weight excluding hydrogens is 1140 g/mol. The first-order chi connectivity index (χ1) is 45.0. The predicted octanol–water partition coefficient (Wildman–Crippen LogP) is 24.8. The molecule has 0 unspecified atom stereocenters. The molecule has 0 aliphatic carbocycles. The minimum Gasteiger partial charge on any atom is -0.424 e. The van der Waals surface area contributed by atoms with E-state index in [-0.39, 0.29) is 73.2 Å². The fourth-order valence-corrected chi connectivity index (χ4v) is 7.97. The highest BCUT2D eigenvalue weighted by Crippen LogP contribution is 2.36. The molecule has 0 spiro atoms. The number of hydrogen-bond donors (Lipinski definition) is 0. The van der Waals surface area contributed by atoms with Gasteiger partial charge in [-0.3, -0.25) is 19.2 Å². The smallest absolute Gasteiger partial charge is 0.311 e. The predicted molar refractivity (Wildman–Crippen MR) is 385 cm³/mol. The summed E-state index contributed by atoms with van der Waals surface area (Å²) in [4.78, 5) is 50.5. The molecule has 0 heterocycles. The highest BCUT2D eigenvalue weighted by atomic mass is 16.5. The number of nitrogens with zero attached hydrogens (tertiary/aromatic N) is 4. The first-order valence-corrected chi connectivity index (χ1v) is 33.2. The normalized spacial score (nSPS) is 10.9. The highest BCUT2D eigenvalue weighted by Gasteiger charge is 2.19. The summed E-state index contributed by atoms with van der Waals surface area (Å²) in [5.74, 6) is -0.103. The summed E-state index contributed by atoms with van der Waals surface area (Å²) in [6.07, 6.45) is 0.927. The second kappa shape index (κ2) is 54.7. The van der Waals surface area contributed by atoms with Crippen molar-refractivity contribution in [3.8, 4) is 23.0 Å². The Hall–Kier alpha value is -9.16. The Kier molecular flexibility index (Phi) is 50.5. The second-order valence-electron chi connectivity index (χ2n) is 18.2. The Balaban J connectivity index is 0. The molecule has 0 amide bonds. The van der Waals surface area contributed by atoms with Crippen LogP contribution < -0.4 is 18.9 Å². The highest BCUT2D eigenvalue weighted by molar-refractivity contribution is 5.78. The summed E-state index contributed by atoms with van der Waals surface area (Å²) in [6.45, 7) is 39.9. The van der Waals surface area contributed by atoms with Crippen LogP contribution in [0.4, 0.5) is 22.7 Å². The third-order valence-corrected chi connectivity index (χ3v) is 12.3. The largest absolute Gasteiger partial charge is 0.424 e. The van der Waals surface area contributed by atoms with E-state index in [2.05, 4.69) is 20.5 Å². The van der Waals surface area contributed by atoms with Crippen LogP contribution in [0.3, 0.4) is 0 Å². The zero-order valence-electron chi connectivity index (χ0n) is 59.0. The molecule has 8 aromatic rings. The summed E-state index contributed by atoms with van der Waals surface area (Å²) in [7, 11) is 0. The van der Waals surface area contributed by atoms with E-state index in [0.717, 1.165) is 22.3 Å². The summed E-state index contributed by atoms with van der Waals surface area (Å²) in [6, 6.07) is 67.1. The van der Waals surface area contributed by atoms with Crippen molar-refractivity contribution in [2.45, 2.75) is 188 Å². The van der Waals surface area contributed by atoms with Crippen molar-refractivity contribution in [1.29, 1.82) is 0 Å². The van der Waals surface area contributed by atoms with E-state index in [0.29, 0.717) is 45.7 Å². The van der Waals surface area contributed by atoms with Crippen LogP contribution in [-0.4, -0.2) is 23.9 Å². The minimum absolute atomic E-state index is 0.0173. The molecule has 92 heavy (non-hydrogen) atoms. The number of benzene rings is 8. The molecule has 0 aromatic heterocycles. The number of para-hydroxylation sites is 4. The van der Waals surface area contributed by atoms with Gasteiger partial charge in [-0.1, -0.05) is 308 Å². The van der Waals surface area contributed by atoms with Gasteiger partial charge in [0.15, 0.2) is 23.0 Å². The quantitative estimate of drug-likeness (QED) is 0.0415. The number of azo groups is 2. The first kappa shape index (κ1) is 84.9. The van der Waals surface area contributed by atoms with Crippen LogP contribution in [0.15, 0.2) is 239 Å². The van der Waals surface area contributed by atoms with Gasteiger partial charge in [0.1, 0.15) is 22.7 Å². The van der Waals surface area contributed by atoms with E-state index in [1.54, 1.807) is 97.1 Å². The molecule has 8 rings (SSSR count). The van der Waals surface area contributed by atoms with Crippen LogP contribution >= 0.6 is 0 Å². The Morgan fingerprint density at radius 2 is 0.380 bits per heavy atom. The van der Waals surface area contributed by atoms with Gasteiger partial charge in [-0.25, -0.2) is 0 Å². The van der Waals surface area contributed by atoms with Crippen LogP contribution in [0.25, 0.3) is 0 Å². The Labute approximate surface area is 554 Å². The molecule has 0 saturated carbocycles. The van der Waals surface area contributed by atoms with Crippen LogP contribution in [0.1, 0.15) is 210 Å². The lowest BCUT2D eigenvalue weighted by Crippen LogP contribution is -2.11. The number of carbonyl (C=O) groups excluding carboxylic acids is 4. The molecule has 12 heteroatoms. The van der Waals surface area contributed by atoms with E-state index in [4.69, 9.17) is 18.9 Å². The summed E-state index contributed by atoms with van der Waals surface area (Å²) in [5, 5.41) is 17.2. The average molecular weight is 1250 g/mol. The minimum atomic E-state index is -0.356. The second-order valence-corrected chi connectivity index (χ2v) is 18.2. The maximum Gasteiger partial charge on any atom is 0.311 e. The van der Waals surface area contributed by atoms with Crippen LogP contribution in [-0.2, 0) is 19.2 Å². The summed E-state index contributed by atoms with van der Waals surface area (Å²) in [5.41, 5.74) is 5.87. The van der Waals surface area contributed by atoms with E-state index < -0.39 is 0 Å². The van der Waals surface area contributed by atoms with Crippen molar-refractivity contribution in [1.82, 2.24) is 0 Å². The molecule has 0 saturated heterocycles. The lowest BCUT2D eigenvalue weighted by atomic mass is 9.98. The van der Waals surface area contributed by atoms with Gasteiger partial charge < -0.3 is 18.9 Å². The van der Waals surface area contributed by atoms with Gasteiger partial charge in [-0.15, -0.1) is 20.5 Å². The van der Waals surface area contributed by atoms with Gasteiger partial charge in [-0.05, 0) is 94.5 Å². The van der Waals surface area contributed by atoms with E-state index in [1.165, 1.54) is 0 Å². The molecule has 8 aromatic carbocycles. The van der Waals surface area contributed by atoms with Gasteiger partial charge in [0, 0.05) is 0 Å². The maximum atomic E-state index is 12.6. The Morgan fingerprint density at radius 3 is 0.543 bits per heavy atom. The van der Waals surface area contributed by atoms with Gasteiger partial charge in [0.25, 0.3) is 0 Å². The summed E-state index contributed by atoms with van der Waals surface area (Å²) >= 11 is 0. The first-order valence-electron chi connectivity index (χ1n) is 33.2. The van der Waals surface area contributed by atoms with Crippen molar-refractivity contribution >= 4 is 46.6 Å². The standard InChI is InChI=1S/2C32H30N2O4.8C2H6/c2*1-23(25-13-5-3-6-14-25)21-31(35)37-29-19-11-9-17-27(29)33-34-28-18-10-12-20-30(28)38-32(36)22-24(2)26-15-7-4-8-16-26;8*1-2/h2*3-20,23-24H,21-22H2,1-2H3;8*1-2H3/t23-,24+;23-,24-;;;;;;;;/m.0......../s1. The molecular formula is C80H108N4O8. The zero-order valence-corrected chi connectivity index (χ0v) is 59.0. The number of rotatable bonds is 20. The topological polar surface area (TPSA) is 155 Å². The van der Waals surface area contributed by atoms with E-state index in [9.17, 15) is 19.2 Å². The molecule has 0 aliphatic rings. The van der Waals surface area contributed by atoms with Crippen molar-refractivity contribution in [2.24, 2.45) is 20.5 Å². The summed E-state index contributed by atoms with van der Waals surface area (Å²) < 4.78 is 22.5. The van der Waals surface area contributed by atoms with Crippen LogP contribution in [0.5, 0.6) is 23.0 Å². The Bertz CT molecular complexity index is 2780. The third-order valence-electron chi connectivity index (χ3n) is 12.3. The van der Waals surface area contributed by atoms with E-state index >= 15 is 0 Å². The number of esters is 4. The van der Waals surface area contributed by atoms with Crippen molar-refractivity contribution in [3.05, 3.63) is 241 Å². The maximum absolute atomic E-state index is 12.6. The van der Waals surface area contributed by atoms with Crippen LogP contribution in [0, 0.1) is 0 Å². The number of carbonyl (C=O) groups is 4. The molecule has 0 radical (unpaired) electrons. The van der Waals surface area contributed by atoms with Gasteiger partial charge >= 0.3 is 23.9 Å². The number of hydrogen-bond acceptors (Lipinski definition) is 12. The van der Waals surface area contributed by atoms with Crippen molar-refractivity contribution in [3.63, 3.8) is 0 Å². The monoisotopic (exact) mass is 1250 g/mol. The van der Waals surface area contributed by atoms with Gasteiger partial charge in [0.2, 0.25) is 0 Å². The molecule has 0 fully saturated rings. The third kappa shape index (κ3) is 33.1. The molecule has 0 aliphatic heterocycles. The SMILES string of the molecule is CC.CC.CC.CC.CC.CC.CC.CC.C[C@@H](CC(=O)Oc1ccccc1N=Nc1ccccc1OC(=O)C[C@H](C)c1ccccc1)c1ccccc1.C[C@H](CC(=O)Oc1ccccc1N=Nc1ccccc1OC(=O)C[C@H](C)c1ccccc1)c1ccccc1. The Morgan fingerprint density at radius 1 is 0.239 bits per heavy atom. The van der Waals surface area contributed by atoms with Gasteiger partial charge in [0.05, 0.1) is 25.7 Å². The fraction of sp³-hybridized carbons (Fsp3) is 0.350. The molecule has 0 bridgehead atoms.